The number of pyridine rings is 1. The molecule has 0 aliphatic heterocycles. The Hall–Kier alpha value is -2.13. The molecule has 0 unspecified atom stereocenters. The molecule has 1 aromatic heterocycles. The van der Waals surface area contributed by atoms with E-state index in [0.717, 1.165) is 6.07 Å². The number of nitrogens with zero attached hydrogens (tertiary/aromatic N) is 1. The van der Waals surface area contributed by atoms with Gasteiger partial charge in [0.05, 0.1) is 21.9 Å². The van der Waals surface area contributed by atoms with Gasteiger partial charge in [-0.3, -0.25) is 0 Å². The first kappa shape index (κ1) is 19.2. The maximum atomic E-state index is 12.4. The molecule has 0 saturated carbocycles. The van der Waals surface area contributed by atoms with Crippen LogP contribution in [-0.4, -0.2) is 31.7 Å². The van der Waals surface area contributed by atoms with Gasteiger partial charge in [0, 0.05) is 6.20 Å². The third-order valence-electron chi connectivity index (χ3n) is 3.06. The normalized spacial score (nSPS) is 12.0. The first-order chi connectivity index (χ1) is 11.6. The van der Waals surface area contributed by atoms with Gasteiger partial charge >= 0.3 is 12.1 Å². The van der Waals surface area contributed by atoms with Crippen LogP contribution in [0.3, 0.4) is 0 Å². The summed E-state index contributed by atoms with van der Waals surface area (Å²) in [6.07, 6.45) is -4.18. The molecular weight excluding hydrogens is 383 g/mol. The number of carbonyl (C=O) groups is 1. The van der Waals surface area contributed by atoms with E-state index < -0.39 is 44.9 Å². The third-order valence-corrected chi connectivity index (χ3v) is 4.97. The van der Waals surface area contributed by atoms with Crippen molar-refractivity contribution in [3.8, 4) is 0 Å². The zero-order chi connectivity index (χ0) is 18.7. The minimum atomic E-state index is -4.61. The summed E-state index contributed by atoms with van der Waals surface area (Å²) in [6.45, 7) is -0.491. The van der Waals surface area contributed by atoms with E-state index in [1.54, 1.807) is 12.1 Å². The van der Waals surface area contributed by atoms with E-state index in [4.69, 9.17) is 16.3 Å². The van der Waals surface area contributed by atoms with Gasteiger partial charge in [-0.05, 0) is 24.3 Å². The van der Waals surface area contributed by atoms with Gasteiger partial charge in [-0.15, -0.1) is 0 Å². The molecule has 0 radical (unpaired) electrons. The first-order valence-electron chi connectivity index (χ1n) is 6.79. The summed E-state index contributed by atoms with van der Waals surface area (Å²) in [7, 11) is -4.00. The Morgan fingerprint density at radius 2 is 1.84 bits per heavy atom. The number of carbonyl (C=O) groups excluding carboxylic acids is 1. The molecular formula is C15H11ClF3NO4S. The van der Waals surface area contributed by atoms with Crippen molar-refractivity contribution in [2.45, 2.75) is 11.2 Å². The minimum absolute atomic E-state index is 0.0780. The smallest absolute Gasteiger partial charge is 0.417 e. The molecule has 134 valence electrons. The number of hydrogen-bond acceptors (Lipinski definition) is 5. The molecule has 10 heteroatoms. The summed E-state index contributed by atoms with van der Waals surface area (Å²) < 4.78 is 66.2. The lowest BCUT2D eigenvalue weighted by Gasteiger charge is -2.08. The predicted molar refractivity (Wildman–Crippen MR) is 83.0 cm³/mol. The summed E-state index contributed by atoms with van der Waals surface area (Å²) in [6, 6.07) is 7.44. The van der Waals surface area contributed by atoms with Gasteiger partial charge < -0.3 is 4.74 Å². The van der Waals surface area contributed by atoms with E-state index >= 15 is 0 Å². The third kappa shape index (κ3) is 4.93. The monoisotopic (exact) mass is 393 g/mol. The van der Waals surface area contributed by atoms with E-state index in [1.807, 2.05) is 0 Å². The Bertz CT molecular complexity index is 867. The van der Waals surface area contributed by atoms with Gasteiger partial charge in [0.1, 0.15) is 6.61 Å². The average molecular weight is 394 g/mol. The number of halogens is 4. The molecule has 1 heterocycles. The summed E-state index contributed by atoms with van der Waals surface area (Å²) in [5.74, 6) is -1.43. The van der Waals surface area contributed by atoms with Crippen molar-refractivity contribution in [1.82, 2.24) is 4.98 Å². The van der Waals surface area contributed by atoms with Gasteiger partial charge in [-0.1, -0.05) is 23.7 Å². The van der Waals surface area contributed by atoms with Crippen molar-refractivity contribution in [1.29, 1.82) is 0 Å². The number of rotatable bonds is 5. The van der Waals surface area contributed by atoms with Gasteiger partial charge in [0.15, 0.2) is 14.9 Å². The molecule has 0 saturated heterocycles. The average Bonchev–Trinajstić information content (AvgIpc) is 2.54. The van der Waals surface area contributed by atoms with Gasteiger partial charge in [0.25, 0.3) is 0 Å². The lowest BCUT2D eigenvalue weighted by molar-refractivity contribution is -0.137. The molecule has 0 N–H and O–H groups in total. The van der Waals surface area contributed by atoms with Crippen LogP contribution in [-0.2, 0) is 20.8 Å². The van der Waals surface area contributed by atoms with E-state index in [1.165, 1.54) is 12.1 Å². The number of ether oxygens (including phenoxy) is 1. The van der Waals surface area contributed by atoms with E-state index in [9.17, 15) is 26.4 Å². The van der Waals surface area contributed by atoms with Crippen LogP contribution in [0.25, 0.3) is 0 Å². The fraction of sp³-hybridized carbons (Fsp3) is 0.200. The summed E-state index contributed by atoms with van der Waals surface area (Å²) in [5, 5.41) is -0.381. The van der Waals surface area contributed by atoms with E-state index in [0.29, 0.717) is 12.3 Å². The number of hydrogen-bond donors (Lipinski definition) is 0. The number of sulfone groups is 1. The highest BCUT2D eigenvalue weighted by Gasteiger charge is 2.31. The predicted octanol–water partition coefficient (Wildman–Crippen LogP) is 3.38. The fourth-order valence-corrected chi connectivity index (χ4v) is 3.00. The quantitative estimate of drug-likeness (QED) is 0.728. The molecule has 5 nitrogen and oxygen atoms in total. The van der Waals surface area contributed by atoms with Crippen LogP contribution in [0.15, 0.2) is 47.6 Å². The molecule has 2 aromatic rings. The van der Waals surface area contributed by atoms with Gasteiger partial charge in [-0.2, -0.15) is 13.2 Å². The second-order valence-corrected chi connectivity index (χ2v) is 7.28. The van der Waals surface area contributed by atoms with E-state index in [-0.39, 0.29) is 10.6 Å². The van der Waals surface area contributed by atoms with Crippen molar-refractivity contribution in [2.75, 3.05) is 12.4 Å². The summed E-state index contributed by atoms with van der Waals surface area (Å²) in [4.78, 5) is 15.1. The van der Waals surface area contributed by atoms with Gasteiger partial charge in [0.2, 0.25) is 0 Å². The number of benzene rings is 1. The highest BCUT2D eigenvalue weighted by Crippen LogP contribution is 2.28. The van der Waals surface area contributed by atoms with Crippen molar-refractivity contribution < 1.29 is 31.1 Å². The first-order valence-corrected chi connectivity index (χ1v) is 8.82. The van der Waals surface area contributed by atoms with Crippen LogP contribution in [0.2, 0.25) is 5.02 Å². The van der Waals surface area contributed by atoms with Crippen LogP contribution >= 0.6 is 11.6 Å². The largest absolute Gasteiger partial charge is 0.461 e. The molecule has 0 amide bonds. The van der Waals surface area contributed by atoms with Crippen molar-refractivity contribution in [3.63, 3.8) is 0 Å². The van der Waals surface area contributed by atoms with Crippen LogP contribution in [0, 0.1) is 0 Å². The van der Waals surface area contributed by atoms with Crippen LogP contribution in [0.5, 0.6) is 0 Å². The van der Waals surface area contributed by atoms with Crippen molar-refractivity contribution in [3.05, 3.63) is 58.7 Å². The molecule has 0 fully saturated rings. The second kappa shape index (κ2) is 7.40. The second-order valence-electron chi connectivity index (χ2n) is 4.82. The molecule has 0 atom stereocenters. The summed E-state index contributed by atoms with van der Waals surface area (Å²) in [5.41, 5.74) is -0.981. The zero-order valence-electron chi connectivity index (χ0n) is 12.5. The van der Waals surface area contributed by atoms with Crippen LogP contribution in [0.1, 0.15) is 15.9 Å². The zero-order valence-corrected chi connectivity index (χ0v) is 14.0. The SMILES string of the molecule is O=C(OCCS(=O)(=O)c1ccc(C(F)(F)F)cn1)c1ccccc1Cl. The Balaban J connectivity index is 2.00. The number of esters is 1. The molecule has 0 bridgehead atoms. The highest BCUT2D eigenvalue weighted by atomic mass is 35.5. The number of alkyl halides is 3. The lowest BCUT2D eigenvalue weighted by atomic mass is 10.2. The van der Waals surface area contributed by atoms with E-state index in [2.05, 4.69) is 4.98 Å². The molecule has 0 spiro atoms. The van der Waals surface area contributed by atoms with Gasteiger partial charge in [-0.25, -0.2) is 18.2 Å². The Kier molecular flexibility index (Phi) is 5.69. The summed E-state index contributed by atoms with van der Waals surface area (Å²) >= 11 is 5.81. The van der Waals surface area contributed by atoms with Crippen molar-refractivity contribution in [2.24, 2.45) is 0 Å². The topological polar surface area (TPSA) is 73.3 Å². The molecule has 1 aromatic carbocycles. The maximum absolute atomic E-state index is 12.4. The standard InChI is InChI=1S/C15H11ClF3NO4S/c16-12-4-2-1-3-11(12)14(21)24-7-8-25(22,23)13-6-5-10(9-20-13)15(17,18)19/h1-6,9H,7-8H2. The minimum Gasteiger partial charge on any atom is -0.461 e. The van der Waals surface area contributed by atoms with Crippen LogP contribution < -0.4 is 0 Å². The molecule has 2 rings (SSSR count). The lowest BCUT2D eigenvalue weighted by Crippen LogP contribution is -2.17. The van der Waals surface area contributed by atoms with Crippen LogP contribution in [0.4, 0.5) is 13.2 Å². The maximum Gasteiger partial charge on any atom is 0.417 e. The Labute approximate surface area is 146 Å². The molecule has 0 aliphatic rings. The number of aromatic nitrogens is 1. The van der Waals surface area contributed by atoms with Crippen molar-refractivity contribution >= 4 is 27.4 Å². The Morgan fingerprint density at radius 3 is 2.40 bits per heavy atom. The molecule has 0 aliphatic carbocycles. The molecule has 25 heavy (non-hydrogen) atoms. The fourth-order valence-electron chi connectivity index (χ4n) is 1.79. The highest BCUT2D eigenvalue weighted by molar-refractivity contribution is 7.91. The Morgan fingerprint density at radius 1 is 1.16 bits per heavy atom.